The highest BCUT2D eigenvalue weighted by Gasteiger charge is 2.42. The lowest BCUT2D eigenvalue weighted by molar-refractivity contribution is -0.125. The van der Waals surface area contributed by atoms with Crippen molar-refractivity contribution in [1.29, 1.82) is 0 Å². The van der Waals surface area contributed by atoms with E-state index < -0.39 is 27.9 Å². The number of halogens is 2. The average Bonchev–Trinajstić information content (AvgIpc) is 2.90. The van der Waals surface area contributed by atoms with Gasteiger partial charge in [-0.05, 0) is 67.3 Å². The van der Waals surface area contributed by atoms with Crippen LogP contribution in [0.15, 0.2) is 71.6 Å². The maximum absolute atomic E-state index is 13.7. The van der Waals surface area contributed by atoms with Crippen molar-refractivity contribution in [2.75, 3.05) is 22.7 Å². The lowest BCUT2D eigenvalue weighted by atomic mass is 10.1. The summed E-state index contributed by atoms with van der Waals surface area (Å²) in [5.41, 5.74) is 8.40. The van der Waals surface area contributed by atoms with Gasteiger partial charge in [0.2, 0.25) is 11.8 Å². The van der Waals surface area contributed by atoms with E-state index in [1.165, 1.54) is 23.8 Å². The SMILES string of the molecule is NCCCc1ccc(CCNC(=O)CC2C(=O)Nc3ccccc3N2S(=O)(=O)c2ccc(Cl)c(Cl)c2)cc1. The first-order valence-electron chi connectivity index (χ1n) is 12.1. The zero-order chi connectivity index (χ0) is 27.3. The van der Waals surface area contributed by atoms with Gasteiger partial charge in [0.25, 0.3) is 10.0 Å². The molecule has 0 radical (unpaired) electrons. The zero-order valence-electron chi connectivity index (χ0n) is 20.5. The maximum Gasteiger partial charge on any atom is 0.265 e. The molecular weight excluding hydrogens is 547 g/mol. The molecule has 200 valence electrons. The van der Waals surface area contributed by atoms with E-state index in [0.717, 1.165) is 22.7 Å². The van der Waals surface area contributed by atoms with E-state index in [2.05, 4.69) is 10.6 Å². The first-order valence-corrected chi connectivity index (χ1v) is 14.3. The van der Waals surface area contributed by atoms with E-state index in [-0.39, 0.29) is 27.0 Å². The van der Waals surface area contributed by atoms with Gasteiger partial charge in [-0.3, -0.25) is 13.9 Å². The second-order valence-corrected chi connectivity index (χ2v) is 11.5. The summed E-state index contributed by atoms with van der Waals surface area (Å²) >= 11 is 12.1. The van der Waals surface area contributed by atoms with Gasteiger partial charge < -0.3 is 16.4 Å². The minimum Gasteiger partial charge on any atom is -0.356 e. The number of rotatable bonds is 10. The highest BCUT2D eigenvalue weighted by Crippen LogP contribution is 2.38. The number of nitrogens with two attached hydrogens (primary N) is 1. The second-order valence-electron chi connectivity index (χ2n) is 8.91. The third kappa shape index (κ3) is 6.30. The van der Waals surface area contributed by atoms with Gasteiger partial charge in [0, 0.05) is 6.54 Å². The van der Waals surface area contributed by atoms with Crippen LogP contribution in [-0.4, -0.2) is 39.4 Å². The van der Waals surface area contributed by atoms with Crippen LogP contribution >= 0.6 is 23.2 Å². The van der Waals surface area contributed by atoms with Crippen LogP contribution in [0.5, 0.6) is 0 Å². The summed E-state index contributed by atoms with van der Waals surface area (Å²) in [7, 11) is -4.28. The lowest BCUT2D eigenvalue weighted by Crippen LogP contribution is -2.52. The molecule has 1 heterocycles. The minimum absolute atomic E-state index is 0.0594. The maximum atomic E-state index is 13.7. The molecule has 1 aliphatic rings. The van der Waals surface area contributed by atoms with Crippen LogP contribution in [0, 0.1) is 0 Å². The third-order valence-corrected chi connectivity index (χ3v) is 8.80. The number of anilines is 2. The Bertz CT molecular complexity index is 1430. The minimum atomic E-state index is -4.28. The zero-order valence-corrected chi connectivity index (χ0v) is 22.8. The van der Waals surface area contributed by atoms with Gasteiger partial charge in [-0.1, -0.05) is 59.6 Å². The quantitative estimate of drug-likeness (QED) is 0.336. The van der Waals surface area contributed by atoms with Crippen LogP contribution < -0.4 is 20.7 Å². The molecule has 8 nitrogen and oxygen atoms in total. The Kier molecular flexibility index (Phi) is 8.94. The monoisotopic (exact) mass is 574 g/mol. The molecule has 11 heteroatoms. The van der Waals surface area contributed by atoms with E-state index in [1.807, 2.05) is 24.3 Å². The number of fused-ring (bicyclic) bond motifs is 1. The van der Waals surface area contributed by atoms with E-state index in [9.17, 15) is 18.0 Å². The number of para-hydroxylation sites is 2. The fourth-order valence-electron chi connectivity index (χ4n) is 4.26. The molecule has 4 N–H and O–H groups in total. The van der Waals surface area contributed by atoms with Gasteiger partial charge in [0.05, 0.1) is 32.7 Å². The van der Waals surface area contributed by atoms with Gasteiger partial charge in [-0.15, -0.1) is 0 Å². The Morgan fingerprint density at radius 2 is 1.66 bits per heavy atom. The fourth-order valence-corrected chi connectivity index (χ4v) is 6.28. The van der Waals surface area contributed by atoms with Gasteiger partial charge >= 0.3 is 0 Å². The Hall–Kier alpha value is -3.11. The van der Waals surface area contributed by atoms with E-state index in [0.29, 0.717) is 25.2 Å². The number of nitrogens with zero attached hydrogens (tertiary/aromatic N) is 1. The Balaban J connectivity index is 1.50. The summed E-state index contributed by atoms with van der Waals surface area (Å²) < 4.78 is 28.5. The average molecular weight is 576 g/mol. The van der Waals surface area contributed by atoms with Crippen molar-refractivity contribution in [1.82, 2.24) is 5.32 Å². The van der Waals surface area contributed by atoms with Crippen LogP contribution in [-0.2, 0) is 32.5 Å². The summed E-state index contributed by atoms with van der Waals surface area (Å²) in [6.45, 7) is 0.982. The summed E-state index contributed by atoms with van der Waals surface area (Å²) in [6, 6.07) is 17.2. The van der Waals surface area contributed by atoms with Crippen molar-refractivity contribution < 1.29 is 18.0 Å². The van der Waals surface area contributed by atoms with E-state index >= 15 is 0 Å². The summed E-state index contributed by atoms with van der Waals surface area (Å²) in [5, 5.41) is 5.77. The van der Waals surface area contributed by atoms with Crippen molar-refractivity contribution in [3.05, 3.63) is 87.9 Å². The van der Waals surface area contributed by atoms with E-state index in [1.54, 1.807) is 24.3 Å². The molecular formula is C27H28Cl2N4O4S. The normalized spacial score (nSPS) is 15.1. The van der Waals surface area contributed by atoms with Gasteiger partial charge in [0.1, 0.15) is 6.04 Å². The summed E-state index contributed by atoms with van der Waals surface area (Å²) in [4.78, 5) is 25.8. The van der Waals surface area contributed by atoms with Gasteiger partial charge in [-0.25, -0.2) is 8.42 Å². The van der Waals surface area contributed by atoms with E-state index in [4.69, 9.17) is 28.9 Å². The number of carbonyl (C=O) groups is 2. The largest absolute Gasteiger partial charge is 0.356 e. The van der Waals surface area contributed by atoms with Crippen LogP contribution in [0.4, 0.5) is 11.4 Å². The summed E-state index contributed by atoms with van der Waals surface area (Å²) in [6.07, 6.45) is 2.07. The molecule has 0 spiro atoms. The molecule has 4 rings (SSSR count). The smallest absolute Gasteiger partial charge is 0.265 e. The third-order valence-electron chi connectivity index (χ3n) is 6.24. The molecule has 3 aromatic carbocycles. The van der Waals surface area contributed by atoms with Crippen molar-refractivity contribution in [2.45, 2.75) is 36.6 Å². The molecule has 0 fully saturated rings. The molecule has 1 aliphatic heterocycles. The molecule has 1 atom stereocenters. The predicted molar refractivity (Wildman–Crippen MR) is 150 cm³/mol. The molecule has 0 saturated carbocycles. The van der Waals surface area contributed by atoms with Crippen LogP contribution in [0.3, 0.4) is 0 Å². The van der Waals surface area contributed by atoms with Gasteiger partial charge in [0.15, 0.2) is 0 Å². The lowest BCUT2D eigenvalue weighted by Gasteiger charge is -2.36. The fraction of sp³-hybridized carbons (Fsp3) is 0.259. The first-order chi connectivity index (χ1) is 18.2. The van der Waals surface area contributed by atoms with Crippen molar-refractivity contribution in [2.24, 2.45) is 5.73 Å². The number of sulfonamides is 1. The van der Waals surface area contributed by atoms with Gasteiger partial charge in [-0.2, -0.15) is 0 Å². The predicted octanol–water partition coefficient (Wildman–Crippen LogP) is 4.15. The molecule has 0 aromatic heterocycles. The molecule has 38 heavy (non-hydrogen) atoms. The van der Waals surface area contributed by atoms with Crippen molar-refractivity contribution >= 4 is 56.4 Å². The highest BCUT2D eigenvalue weighted by atomic mass is 35.5. The number of carbonyl (C=O) groups excluding carboxylic acids is 2. The number of hydrogen-bond donors (Lipinski definition) is 3. The highest BCUT2D eigenvalue weighted by molar-refractivity contribution is 7.93. The molecule has 2 amide bonds. The number of hydrogen-bond acceptors (Lipinski definition) is 5. The van der Waals surface area contributed by atoms with Crippen molar-refractivity contribution in [3.8, 4) is 0 Å². The van der Waals surface area contributed by atoms with Crippen molar-refractivity contribution in [3.63, 3.8) is 0 Å². The number of aryl methyl sites for hydroxylation is 1. The molecule has 0 bridgehead atoms. The Morgan fingerprint density at radius 1 is 0.974 bits per heavy atom. The molecule has 3 aromatic rings. The van der Waals surface area contributed by atoms with Crippen LogP contribution in [0.25, 0.3) is 0 Å². The Morgan fingerprint density at radius 3 is 2.34 bits per heavy atom. The standard InChI is InChI=1S/C27H28Cl2N4O4S/c28-21-12-11-20(16-22(21)29)38(36,37)33-24-6-2-1-5-23(24)32-27(35)25(33)17-26(34)31-15-13-19-9-7-18(8-10-19)4-3-14-30/h1-2,5-12,16,25H,3-4,13-15,17,30H2,(H,31,34)(H,32,35). The summed E-state index contributed by atoms with van der Waals surface area (Å²) in [5.74, 6) is -1.05. The first kappa shape index (κ1) is 27.9. The second kappa shape index (κ2) is 12.2. The number of nitrogens with one attached hydrogen (secondary N) is 2. The topological polar surface area (TPSA) is 122 Å². The van der Waals surface area contributed by atoms with Crippen LogP contribution in [0.2, 0.25) is 10.0 Å². The number of benzene rings is 3. The molecule has 0 saturated heterocycles. The number of amides is 2. The molecule has 1 unspecified atom stereocenters. The Labute approximate surface area is 232 Å². The van der Waals surface area contributed by atoms with Crippen LogP contribution in [0.1, 0.15) is 24.0 Å². The molecule has 0 aliphatic carbocycles.